The van der Waals surface area contributed by atoms with Crippen molar-refractivity contribution in [1.82, 2.24) is 25.1 Å². The maximum atomic E-state index is 6.03. The van der Waals surface area contributed by atoms with Crippen molar-refractivity contribution < 1.29 is 9.47 Å². The lowest BCUT2D eigenvalue weighted by molar-refractivity contribution is 0.140. The molecule has 0 spiro atoms. The largest absolute Gasteiger partial charge is 0.457 e. The molecule has 5 rings (SSSR count). The minimum absolute atomic E-state index is 0.771. The molecule has 0 saturated carbocycles. The van der Waals surface area contributed by atoms with E-state index in [-0.39, 0.29) is 0 Å². The number of aromatic nitrogens is 4. The summed E-state index contributed by atoms with van der Waals surface area (Å²) in [5.41, 5.74) is 3.99. The van der Waals surface area contributed by atoms with E-state index in [1.807, 2.05) is 48.5 Å². The van der Waals surface area contributed by atoms with Crippen LogP contribution in [0.1, 0.15) is 12.2 Å². The highest BCUT2D eigenvalue weighted by molar-refractivity contribution is 5.77. The third-order valence-corrected chi connectivity index (χ3v) is 5.09. The Labute approximate surface area is 168 Å². The molecule has 7 nitrogen and oxygen atoms in total. The summed E-state index contributed by atoms with van der Waals surface area (Å²) < 4.78 is 11.6. The number of imidazole rings is 1. The molecule has 0 radical (unpaired) electrons. The van der Waals surface area contributed by atoms with Crippen molar-refractivity contribution in [2.45, 2.75) is 13.0 Å². The summed E-state index contributed by atoms with van der Waals surface area (Å²) in [6.07, 6.45) is 2.81. The van der Waals surface area contributed by atoms with E-state index in [1.54, 1.807) is 6.20 Å². The molecule has 0 bridgehead atoms. The van der Waals surface area contributed by atoms with Crippen LogP contribution in [-0.4, -0.2) is 51.4 Å². The summed E-state index contributed by atoms with van der Waals surface area (Å²) in [6, 6.07) is 15.8. The SMILES string of the molecule is c1cc(-c2ccc(Oc3ccc4[nH]c(CN5CCCOCC5)nc4c3)cc2)[nH]n1. The van der Waals surface area contributed by atoms with Crippen molar-refractivity contribution in [1.29, 1.82) is 0 Å². The molecule has 1 saturated heterocycles. The van der Waals surface area contributed by atoms with E-state index in [4.69, 9.17) is 14.5 Å². The van der Waals surface area contributed by atoms with Crippen LogP contribution in [0.5, 0.6) is 11.5 Å². The predicted octanol–water partition coefficient (Wildman–Crippen LogP) is 3.97. The average Bonchev–Trinajstić information content (AvgIpc) is 3.33. The van der Waals surface area contributed by atoms with Crippen molar-refractivity contribution in [3.63, 3.8) is 0 Å². The van der Waals surface area contributed by atoms with Crippen LogP contribution in [0, 0.1) is 0 Å². The summed E-state index contributed by atoms with van der Waals surface area (Å²) in [5.74, 6) is 2.53. The quantitative estimate of drug-likeness (QED) is 0.540. The number of benzene rings is 2. The number of fused-ring (bicyclic) bond motifs is 1. The summed E-state index contributed by atoms with van der Waals surface area (Å²) in [6.45, 7) is 4.43. The Kier molecular flexibility index (Phi) is 4.98. The molecule has 0 unspecified atom stereocenters. The van der Waals surface area contributed by atoms with E-state index in [2.05, 4.69) is 20.1 Å². The van der Waals surface area contributed by atoms with Gasteiger partial charge in [0.1, 0.15) is 17.3 Å². The van der Waals surface area contributed by atoms with E-state index >= 15 is 0 Å². The third kappa shape index (κ3) is 4.16. The van der Waals surface area contributed by atoms with Gasteiger partial charge in [-0.2, -0.15) is 5.10 Å². The second-order valence-electron chi connectivity index (χ2n) is 7.20. The minimum atomic E-state index is 0.771. The molecule has 1 fully saturated rings. The number of aromatic amines is 2. The molecule has 0 atom stereocenters. The molecule has 4 aromatic rings. The first kappa shape index (κ1) is 17.9. The van der Waals surface area contributed by atoms with Crippen molar-refractivity contribution in [2.75, 3.05) is 26.3 Å². The number of H-pyrrole nitrogens is 2. The molecular formula is C22H23N5O2. The number of hydrogen-bond acceptors (Lipinski definition) is 5. The molecule has 0 aliphatic carbocycles. The smallest absolute Gasteiger partial charge is 0.129 e. The fourth-order valence-corrected chi connectivity index (χ4v) is 3.60. The van der Waals surface area contributed by atoms with Gasteiger partial charge in [-0.05, 0) is 54.4 Å². The Morgan fingerprint density at radius 1 is 1.00 bits per heavy atom. The monoisotopic (exact) mass is 389 g/mol. The van der Waals surface area contributed by atoms with Gasteiger partial charge >= 0.3 is 0 Å². The van der Waals surface area contributed by atoms with Crippen molar-refractivity contribution >= 4 is 11.0 Å². The molecule has 148 valence electrons. The molecule has 1 aliphatic rings. The first-order valence-electron chi connectivity index (χ1n) is 9.90. The Bertz CT molecular complexity index is 1060. The van der Waals surface area contributed by atoms with Crippen LogP contribution in [0.25, 0.3) is 22.3 Å². The van der Waals surface area contributed by atoms with E-state index in [1.165, 1.54) is 0 Å². The van der Waals surface area contributed by atoms with E-state index in [0.717, 1.165) is 78.9 Å². The predicted molar refractivity (Wildman–Crippen MR) is 111 cm³/mol. The lowest BCUT2D eigenvalue weighted by Gasteiger charge is -2.16. The van der Waals surface area contributed by atoms with Gasteiger partial charge in [-0.25, -0.2) is 4.98 Å². The molecule has 2 N–H and O–H groups in total. The van der Waals surface area contributed by atoms with E-state index in [9.17, 15) is 0 Å². The van der Waals surface area contributed by atoms with Gasteiger partial charge in [0.15, 0.2) is 0 Å². The number of ether oxygens (including phenoxy) is 2. The zero-order valence-electron chi connectivity index (χ0n) is 16.1. The summed E-state index contributed by atoms with van der Waals surface area (Å²) >= 11 is 0. The van der Waals surface area contributed by atoms with Gasteiger partial charge in [-0.1, -0.05) is 0 Å². The number of nitrogens with one attached hydrogen (secondary N) is 2. The van der Waals surface area contributed by atoms with E-state index in [0.29, 0.717) is 0 Å². The molecule has 1 aliphatic heterocycles. The van der Waals surface area contributed by atoms with Gasteiger partial charge in [-0.3, -0.25) is 10.00 Å². The van der Waals surface area contributed by atoms with Gasteiger partial charge in [0.05, 0.1) is 29.9 Å². The zero-order chi connectivity index (χ0) is 19.5. The maximum absolute atomic E-state index is 6.03. The van der Waals surface area contributed by atoms with Gasteiger partial charge in [0, 0.05) is 32.0 Å². The number of hydrogen-bond donors (Lipinski definition) is 2. The van der Waals surface area contributed by atoms with E-state index < -0.39 is 0 Å². The van der Waals surface area contributed by atoms with Crippen molar-refractivity contribution in [3.05, 3.63) is 60.6 Å². The molecule has 7 heteroatoms. The highest BCUT2D eigenvalue weighted by Crippen LogP contribution is 2.27. The average molecular weight is 389 g/mol. The molecular weight excluding hydrogens is 366 g/mol. The fourth-order valence-electron chi connectivity index (χ4n) is 3.60. The van der Waals surface area contributed by atoms with Crippen molar-refractivity contribution in [3.8, 4) is 22.8 Å². The summed E-state index contributed by atoms with van der Waals surface area (Å²) in [5, 5.41) is 6.95. The molecule has 2 aromatic heterocycles. The first-order valence-corrected chi connectivity index (χ1v) is 9.90. The topological polar surface area (TPSA) is 79.1 Å². The van der Waals surface area contributed by atoms with Crippen LogP contribution in [-0.2, 0) is 11.3 Å². The lowest BCUT2D eigenvalue weighted by Crippen LogP contribution is -2.26. The number of nitrogens with zero attached hydrogens (tertiary/aromatic N) is 3. The van der Waals surface area contributed by atoms with Crippen LogP contribution in [0.15, 0.2) is 54.7 Å². The Balaban J connectivity index is 1.29. The van der Waals surface area contributed by atoms with Crippen LogP contribution in [0.4, 0.5) is 0 Å². The van der Waals surface area contributed by atoms with Crippen molar-refractivity contribution in [2.24, 2.45) is 0 Å². The standard InChI is InChI=1S/C22H23N5O2/c1-10-27(11-13-28-12-1)15-22-24-20-7-6-18(14-21(20)25-22)29-17-4-2-16(3-5-17)19-8-9-23-26-19/h2-9,14H,1,10-13,15H2,(H,23,26)(H,24,25). The Hall–Kier alpha value is -3.16. The van der Waals surface area contributed by atoms with Crippen LogP contribution < -0.4 is 4.74 Å². The molecule has 0 amide bonds. The maximum Gasteiger partial charge on any atom is 0.129 e. The minimum Gasteiger partial charge on any atom is -0.457 e. The van der Waals surface area contributed by atoms with Crippen LogP contribution in [0.2, 0.25) is 0 Å². The molecule has 3 heterocycles. The first-order chi connectivity index (χ1) is 14.3. The third-order valence-electron chi connectivity index (χ3n) is 5.09. The summed E-state index contributed by atoms with van der Waals surface area (Å²) in [7, 11) is 0. The Morgan fingerprint density at radius 3 is 2.76 bits per heavy atom. The highest BCUT2D eigenvalue weighted by Gasteiger charge is 2.12. The van der Waals surface area contributed by atoms with Gasteiger partial charge in [0.2, 0.25) is 0 Å². The van der Waals surface area contributed by atoms with Crippen LogP contribution >= 0.6 is 0 Å². The summed E-state index contributed by atoms with van der Waals surface area (Å²) in [4.78, 5) is 10.6. The van der Waals surface area contributed by atoms with Gasteiger partial charge in [-0.15, -0.1) is 0 Å². The zero-order valence-corrected chi connectivity index (χ0v) is 16.1. The fraction of sp³-hybridized carbons (Fsp3) is 0.273. The Morgan fingerprint density at radius 2 is 1.90 bits per heavy atom. The molecule has 29 heavy (non-hydrogen) atoms. The van der Waals surface area contributed by atoms with Gasteiger partial charge in [0.25, 0.3) is 0 Å². The lowest BCUT2D eigenvalue weighted by atomic mass is 10.1. The second kappa shape index (κ2) is 8.06. The normalized spacial score (nSPS) is 15.4. The van der Waals surface area contributed by atoms with Gasteiger partial charge < -0.3 is 14.5 Å². The van der Waals surface area contributed by atoms with Crippen LogP contribution in [0.3, 0.4) is 0 Å². The molecule has 2 aromatic carbocycles. The highest BCUT2D eigenvalue weighted by atomic mass is 16.5. The second-order valence-corrected chi connectivity index (χ2v) is 7.20. The number of rotatable bonds is 5.